The van der Waals surface area contributed by atoms with Crippen LogP contribution in [0.25, 0.3) is 0 Å². The average Bonchev–Trinajstić information content (AvgIpc) is 2.13. The Morgan fingerprint density at radius 3 is 3.00 bits per heavy atom. The number of phenolic OH excluding ortho intramolecular Hbond substituents is 1. The fourth-order valence-corrected chi connectivity index (χ4v) is 1.08. The van der Waals surface area contributed by atoms with Crippen molar-refractivity contribution in [2.24, 2.45) is 0 Å². The van der Waals surface area contributed by atoms with Gasteiger partial charge in [0.1, 0.15) is 5.75 Å². The van der Waals surface area contributed by atoms with Crippen LogP contribution in [0.3, 0.4) is 0 Å². The third kappa shape index (κ3) is 3.76. The Kier molecular flexibility index (Phi) is 4.06. The lowest BCUT2D eigenvalue weighted by Crippen LogP contribution is -2.12. The third-order valence-electron chi connectivity index (χ3n) is 1.74. The predicted octanol–water partition coefficient (Wildman–Crippen LogP) is 2.06. The Morgan fingerprint density at radius 2 is 2.31 bits per heavy atom. The van der Waals surface area contributed by atoms with Gasteiger partial charge in [0.05, 0.1) is 0 Å². The van der Waals surface area contributed by atoms with Crippen LogP contribution < -0.4 is 5.32 Å². The van der Waals surface area contributed by atoms with E-state index in [-0.39, 0.29) is 0 Å². The first kappa shape index (κ1) is 9.81. The molecule has 0 amide bonds. The maximum absolute atomic E-state index is 9.17. The van der Waals surface area contributed by atoms with Gasteiger partial charge in [0, 0.05) is 13.1 Å². The molecule has 0 saturated heterocycles. The fourth-order valence-electron chi connectivity index (χ4n) is 1.08. The zero-order valence-electron chi connectivity index (χ0n) is 7.83. The predicted molar refractivity (Wildman–Crippen MR) is 54.6 cm³/mol. The summed E-state index contributed by atoms with van der Waals surface area (Å²) in [6.07, 6.45) is 4.07. The zero-order chi connectivity index (χ0) is 9.52. The molecule has 0 aliphatic heterocycles. The molecule has 0 heterocycles. The Bertz CT molecular complexity index is 281. The summed E-state index contributed by atoms with van der Waals surface area (Å²) in [7, 11) is 0. The zero-order valence-corrected chi connectivity index (χ0v) is 7.83. The number of phenols is 1. The molecule has 2 nitrogen and oxygen atoms in total. The van der Waals surface area contributed by atoms with E-state index >= 15 is 0 Å². The number of rotatable bonds is 4. The van der Waals surface area contributed by atoms with E-state index in [0.717, 1.165) is 18.7 Å². The summed E-state index contributed by atoms with van der Waals surface area (Å²) in [6.45, 7) is 3.65. The quantitative estimate of drug-likeness (QED) is 0.545. The lowest BCUT2D eigenvalue weighted by atomic mass is 10.2. The molecule has 0 aliphatic carbocycles. The van der Waals surface area contributed by atoms with Crippen molar-refractivity contribution in [3.05, 3.63) is 42.0 Å². The van der Waals surface area contributed by atoms with Gasteiger partial charge in [0.15, 0.2) is 0 Å². The molecule has 0 aromatic heterocycles. The van der Waals surface area contributed by atoms with Crippen LogP contribution in [0.15, 0.2) is 36.4 Å². The lowest BCUT2D eigenvalue weighted by Gasteiger charge is -2.01. The summed E-state index contributed by atoms with van der Waals surface area (Å²) >= 11 is 0. The van der Waals surface area contributed by atoms with E-state index in [4.69, 9.17) is 0 Å². The van der Waals surface area contributed by atoms with Crippen LogP contribution in [0, 0.1) is 0 Å². The molecule has 1 rings (SSSR count). The van der Waals surface area contributed by atoms with Crippen molar-refractivity contribution < 1.29 is 5.11 Å². The molecule has 0 unspecified atom stereocenters. The minimum Gasteiger partial charge on any atom is -0.508 e. The van der Waals surface area contributed by atoms with Crippen molar-refractivity contribution >= 4 is 0 Å². The van der Waals surface area contributed by atoms with Crippen LogP contribution in [0.2, 0.25) is 0 Å². The molecule has 0 bridgehead atoms. The molecule has 70 valence electrons. The normalized spacial score (nSPS) is 10.8. The summed E-state index contributed by atoms with van der Waals surface area (Å²) in [6, 6.07) is 7.28. The minimum absolute atomic E-state index is 0.324. The maximum atomic E-state index is 9.17. The highest BCUT2D eigenvalue weighted by atomic mass is 16.3. The third-order valence-corrected chi connectivity index (χ3v) is 1.74. The number of aromatic hydroxyl groups is 1. The molecule has 2 N–H and O–H groups in total. The Labute approximate surface area is 78.9 Å². The summed E-state index contributed by atoms with van der Waals surface area (Å²) in [5.74, 6) is 0.324. The molecule has 13 heavy (non-hydrogen) atoms. The lowest BCUT2D eigenvalue weighted by molar-refractivity contribution is 0.474. The van der Waals surface area contributed by atoms with E-state index in [1.54, 1.807) is 12.1 Å². The summed E-state index contributed by atoms with van der Waals surface area (Å²) in [4.78, 5) is 0. The highest BCUT2D eigenvalue weighted by Gasteiger charge is 1.91. The second-order valence-corrected chi connectivity index (χ2v) is 2.87. The Hall–Kier alpha value is -1.28. The van der Waals surface area contributed by atoms with E-state index in [9.17, 15) is 5.11 Å². The van der Waals surface area contributed by atoms with Crippen LogP contribution in [0.4, 0.5) is 0 Å². The highest BCUT2D eigenvalue weighted by molar-refractivity contribution is 5.26. The molecular formula is C11H15NO. The highest BCUT2D eigenvalue weighted by Crippen LogP contribution is 2.10. The number of benzene rings is 1. The van der Waals surface area contributed by atoms with Gasteiger partial charge in [0.2, 0.25) is 0 Å². The van der Waals surface area contributed by atoms with Crippen molar-refractivity contribution in [2.45, 2.75) is 13.5 Å². The van der Waals surface area contributed by atoms with Crippen molar-refractivity contribution in [1.82, 2.24) is 5.32 Å². The summed E-state index contributed by atoms with van der Waals surface area (Å²) < 4.78 is 0. The van der Waals surface area contributed by atoms with Crippen molar-refractivity contribution in [3.8, 4) is 5.75 Å². The smallest absolute Gasteiger partial charge is 0.115 e. The number of hydrogen-bond donors (Lipinski definition) is 2. The van der Waals surface area contributed by atoms with Gasteiger partial charge >= 0.3 is 0 Å². The van der Waals surface area contributed by atoms with E-state index in [2.05, 4.69) is 11.4 Å². The molecule has 0 fully saturated rings. The fraction of sp³-hybridized carbons (Fsp3) is 0.273. The first-order valence-corrected chi connectivity index (χ1v) is 4.42. The van der Waals surface area contributed by atoms with E-state index in [1.165, 1.54) is 0 Å². The van der Waals surface area contributed by atoms with Gasteiger partial charge < -0.3 is 10.4 Å². The van der Waals surface area contributed by atoms with E-state index < -0.39 is 0 Å². The van der Waals surface area contributed by atoms with Crippen LogP contribution >= 0.6 is 0 Å². The molecule has 0 spiro atoms. The Balaban J connectivity index is 2.36. The van der Waals surface area contributed by atoms with Gasteiger partial charge in [-0.05, 0) is 24.6 Å². The first-order valence-electron chi connectivity index (χ1n) is 4.42. The van der Waals surface area contributed by atoms with Crippen LogP contribution in [-0.2, 0) is 6.54 Å². The molecule has 0 saturated carbocycles. The molecule has 2 heteroatoms. The van der Waals surface area contributed by atoms with Gasteiger partial charge in [-0.15, -0.1) is 0 Å². The minimum atomic E-state index is 0.324. The topological polar surface area (TPSA) is 32.3 Å². The molecule has 1 aromatic carbocycles. The SMILES string of the molecule is C/C=C/CNCc1cccc(O)c1. The van der Waals surface area contributed by atoms with Crippen molar-refractivity contribution in [2.75, 3.05) is 6.54 Å². The van der Waals surface area contributed by atoms with Gasteiger partial charge in [-0.25, -0.2) is 0 Å². The maximum Gasteiger partial charge on any atom is 0.115 e. The molecule has 0 atom stereocenters. The van der Waals surface area contributed by atoms with Crippen LogP contribution in [0.1, 0.15) is 12.5 Å². The van der Waals surface area contributed by atoms with Crippen LogP contribution in [-0.4, -0.2) is 11.7 Å². The summed E-state index contributed by atoms with van der Waals surface area (Å²) in [5, 5.41) is 12.4. The number of nitrogens with one attached hydrogen (secondary N) is 1. The molecule has 0 aliphatic rings. The van der Waals surface area contributed by atoms with Gasteiger partial charge in [-0.3, -0.25) is 0 Å². The van der Waals surface area contributed by atoms with Crippen molar-refractivity contribution in [3.63, 3.8) is 0 Å². The monoisotopic (exact) mass is 177 g/mol. The summed E-state index contributed by atoms with van der Waals surface area (Å²) in [5.41, 5.74) is 1.10. The second kappa shape index (κ2) is 5.38. The molecule has 0 radical (unpaired) electrons. The van der Waals surface area contributed by atoms with Gasteiger partial charge in [0.25, 0.3) is 0 Å². The van der Waals surface area contributed by atoms with E-state index in [0.29, 0.717) is 5.75 Å². The standard InChI is InChI=1S/C11H15NO/c1-2-3-7-12-9-10-5-4-6-11(13)8-10/h2-6,8,12-13H,7,9H2,1H3/b3-2+. The largest absolute Gasteiger partial charge is 0.508 e. The van der Waals surface area contributed by atoms with E-state index in [1.807, 2.05) is 25.1 Å². The van der Waals surface area contributed by atoms with Crippen LogP contribution in [0.5, 0.6) is 5.75 Å². The Morgan fingerprint density at radius 1 is 1.46 bits per heavy atom. The number of allylic oxidation sites excluding steroid dienone is 1. The first-order chi connectivity index (χ1) is 6.33. The van der Waals surface area contributed by atoms with Crippen molar-refractivity contribution in [1.29, 1.82) is 0 Å². The molecular weight excluding hydrogens is 162 g/mol. The average molecular weight is 177 g/mol. The number of hydrogen-bond acceptors (Lipinski definition) is 2. The molecule has 1 aromatic rings. The second-order valence-electron chi connectivity index (χ2n) is 2.87. The van der Waals surface area contributed by atoms with Gasteiger partial charge in [-0.2, -0.15) is 0 Å². The van der Waals surface area contributed by atoms with Gasteiger partial charge in [-0.1, -0.05) is 24.3 Å².